The molecule has 0 unspecified atom stereocenters. The number of amides is 1. The second-order valence-corrected chi connectivity index (χ2v) is 6.82. The maximum Gasteiger partial charge on any atom is 0.294 e. The fourth-order valence-corrected chi connectivity index (χ4v) is 2.41. The lowest BCUT2D eigenvalue weighted by Gasteiger charge is -2.07. The van der Waals surface area contributed by atoms with Crippen LogP contribution in [0, 0.1) is 11.3 Å². The Morgan fingerprint density at radius 2 is 2.08 bits per heavy atom. The normalized spacial score (nSPS) is 11.7. The van der Waals surface area contributed by atoms with Crippen LogP contribution >= 0.6 is 0 Å². The maximum atomic E-state index is 12.1. The van der Waals surface area contributed by atoms with Crippen LogP contribution in [-0.2, 0) is 19.6 Å². The maximum absolute atomic E-state index is 12.1. The van der Waals surface area contributed by atoms with Gasteiger partial charge in [-0.05, 0) is 31.0 Å². The van der Waals surface area contributed by atoms with Crippen LogP contribution in [0.3, 0.4) is 0 Å². The van der Waals surface area contributed by atoms with Crippen LogP contribution in [0.15, 0.2) is 40.9 Å². The van der Waals surface area contributed by atoms with E-state index in [1.807, 2.05) is 0 Å². The largest absolute Gasteiger partial charge is 0.390 e. The Morgan fingerprint density at radius 3 is 2.73 bits per heavy atom. The summed E-state index contributed by atoms with van der Waals surface area (Å²) in [5.74, 6) is -0.688. The van der Waals surface area contributed by atoms with E-state index in [1.54, 1.807) is 6.07 Å². The van der Waals surface area contributed by atoms with E-state index in [0.717, 1.165) is 31.9 Å². The lowest BCUT2D eigenvalue weighted by molar-refractivity contribution is -0.112. The summed E-state index contributed by atoms with van der Waals surface area (Å²) in [5, 5.41) is 14.4. The molecule has 8 nitrogen and oxygen atoms in total. The first kappa shape index (κ1) is 21.6. The van der Waals surface area contributed by atoms with Gasteiger partial charge in [0.15, 0.2) is 0 Å². The number of benzene rings is 1. The minimum absolute atomic E-state index is 0.149. The molecule has 0 bridgehead atoms. The van der Waals surface area contributed by atoms with E-state index in [-0.39, 0.29) is 16.2 Å². The third kappa shape index (κ3) is 8.11. The van der Waals surface area contributed by atoms with Gasteiger partial charge in [-0.3, -0.25) is 9.35 Å². The third-order valence-electron chi connectivity index (χ3n) is 3.25. The van der Waals surface area contributed by atoms with Crippen molar-refractivity contribution >= 4 is 21.7 Å². The van der Waals surface area contributed by atoms with Crippen LogP contribution in [0.25, 0.3) is 0 Å². The number of nitrogens with one attached hydrogen (secondary N) is 2. The monoisotopic (exact) mass is 381 g/mol. The molecule has 0 aliphatic heterocycles. The van der Waals surface area contributed by atoms with Gasteiger partial charge >= 0.3 is 0 Å². The molecular weight excluding hydrogens is 358 g/mol. The summed E-state index contributed by atoms with van der Waals surface area (Å²) in [6.45, 7) is 3.95. The summed E-state index contributed by atoms with van der Waals surface area (Å²) >= 11 is 0. The number of ether oxygens (including phenoxy) is 1. The van der Waals surface area contributed by atoms with Gasteiger partial charge in [-0.15, -0.1) is 0 Å². The predicted octanol–water partition coefficient (Wildman–Crippen LogP) is 2.08. The second-order valence-electron chi connectivity index (χ2n) is 5.40. The van der Waals surface area contributed by atoms with Gasteiger partial charge < -0.3 is 15.4 Å². The van der Waals surface area contributed by atoms with Gasteiger partial charge in [-0.1, -0.05) is 19.4 Å². The van der Waals surface area contributed by atoms with Gasteiger partial charge in [0.25, 0.3) is 16.0 Å². The second kappa shape index (κ2) is 11.3. The van der Waals surface area contributed by atoms with Crippen molar-refractivity contribution in [3.63, 3.8) is 0 Å². The first-order chi connectivity index (χ1) is 12.4. The molecule has 0 heterocycles. The molecule has 0 radical (unpaired) electrons. The number of unbranched alkanes of at least 4 members (excludes halogenated alkanes) is 1. The average molecular weight is 381 g/mol. The predicted molar refractivity (Wildman–Crippen MR) is 96.9 cm³/mol. The SMILES string of the molecule is CCCCOCCCN/C=C(/C#N)C(=O)Nc1cccc(S(=O)(=O)O)c1. The van der Waals surface area contributed by atoms with Crippen LogP contribution in [-0.4, -0.2) is 38.6 Å². The smallest absolute Gasteiger partial charge is 0.294 e. The Kier molecular flexibility index (Phi) is 9.36. The van der Waals surface area contributed by atoms with Crippen molar-refractivity contribution in [3.05, 3.63) is 36.0 Å². The number of anilines is 1. The highest BCUT2D eigenvalue weighted by Gasteiger charge is 2.13. The number of carbonyl (C=O) groups is 1. The fraction of sp³-hybridized carbons (Fsp3) is 0.412. The Bertz CT molecular complexity index is 769. The van der Waals surface area contributed by atoms with E-state index < -0.39 is 16.0 Å². The van der Waals surface area contributed by atoms with Crippen molar-refractivity contribution in [2.24, 2.45) is 0 Å². The molecule has 0 saturated carbocycles. The minimum Gasteiger partial charge on any atom is -0.390 e. The number of nitriles is 1. The molecule has 0 spiro atoms. The zero-order valence-electron chi connectivity index (χ0n) is 14.6. The molecule has 0 fully saturated rings. The first-order valence-corrected chi connectivity index (χ1v) is 9.62. The fourth-order valence-electron chi connectivity index (χ4n) is 1.88. The number of rotatable bonds is 11. The van der Waals surface area contributed by atoms with Gasteiger partial charge in [0, 0.05) is 31.6 Å². The summed E-state index contributed by atoms with van der Waals surface area (Å²) in [7, 11) is -4.37. The third-order valence-corrected chi connectivity index (χ3v) is 4.10. The summed E-state index contributed by atoms with van der Waals surface area (Å²) < 4.78 is 36.6. The summed E-state index contributed by atoms with van der Waals surface area (Å²) in [6.07, 6.45) is 4.13. The molecule has 142 valence electrons. The van der Waals surface area contributed by atoms with Crippen molar-refractivity contribution in [1.29, 1.82) is 5.26 Å². The Morgan fingerprint density at radius 1 is 1.35 bits per heavy atom. The van der Waals surface area contributed by atoms with Crippen molar-refractivity contribution in [2.75, 3.05) is 25.1 Å². The molecule has 0 aliphatic rings. The summed E-state index contributed by atoms with van der Waals surface area (Å²) in [6, 6.07) is 6.88. The standard InChI is InChI=1S/C17H23N3O5S/c1-2-3-9-25-10-5-8-19-13-14(12-18)17(21)20-15-6-4-7-16(11-15)26(22,23)24/h4,6-7,11,13,19H,2-3,5,8-10H2,1H3,(H,20,21)(H,22,23,24)/b14-13-. The molecule has 0 atom stereocenters. The first-order valence-electron chi connectivity index (χ1n) is 8.18. The Hall–Kier alpha value is -2.41. The zero-order chi connectivity index (χ0) is 19.4. The molecule has 3 N–H and O–H groups in total. The highest BCUT2D eigenvalue weighted by Crippen LogP contribution is 2.15. The lowest BCUT2D eigenvalue weighted by Crippen LogP contribution is -2.18. The molecule has 1 rings (SSSR count). The van der Waals surface area contributed by atoms with Gasteiger partial charge in [0.05, 0.1) is 4.90 Å². The van der Waals surface area contributed by atoms with Gasteiger partial charge in [0.1, 0.15) is 11.6 Å². The molecule has 1 aromatic carbocycles. The van der Waals surface area contributed by atoms with Gasteiger partial charge in [-0.25, -0.2) is 0 Å². The van der Waals surface area contributed by atoms with Crippen LogP contribution < -0.4 is 10.6 Å². The molecule has 0 aromatic heterocycles. The molecule has 1 aromatic rings. The van der Waals surface area contributed by atoms with E-state index >= 15 is 0 Å². The quantitative estimate of drug-likeness (QED) is 0.232. The highest BCUT2D eigenvalue weighted by molar-refractivity contribution is 7.85. The average Bonchev–Trinajstić information content (AvgIpc) is 2.60. The topological polar surface area (TPSA) is 129 Å². The Labute approximate surface area is 153 Å². The number of hydrogen-bond acceptors (Lipinski definition) is 6. The van der Waals surface area contributed by atoms with Crippen molar-refractivity contribution in [3.8, 4) is 6.07 Å². The Balaban J connectivity index is 2.52. The molecule has 9 heteroatoms. The van der Waals surface area contributed by atoms with Gasteiger partial charge in [0.2, 0.25) is 0 Å². The van der Waals surface area contributed by atoms with Gasteiger partial charge in [-0.2, -0.15) is 13.7 Å². The molecule has 26 heavy (non-hydrogen) atoms. The molecule has 1 amide bonds. The minimum atomic E-state index is -4.37. The molecule has 0 aliphatic carbocycles. The lowest BCUT2D eigenvalue weighted by atomic mass is 10.2. The zero-order valence-corrected chi connectivity index (χ0v) is 15.4. The van der Waals surface area contributed by atoms with Crippen molar-refractivity contribution < 1.29 is 22.5 Å². The number of carbonyl (C=O) groups excluding carboxylic acids is 1. The number of hydrogen-bond donors (Lipinski definition) is 3. The highest BCUT2D eigenvalue weighted by atomic mass is 32.2. The summed E-state index contributed by atoms with van der Waals surface area (Å²) in [5.41, 5.74) is -0.00948. The summed E-state index contributed by atoms with van der Waals surface area (Å²) in [4.78, 5) is 11.7. The van der Waals surface area contributed by atoms with Crippen molar-refractivity contribution in [2.45, 2.75) is 31.1 Å². The number of nitrogens with zero attached hydrogens (tertiary/aromatic N) is 1. The van der Waals surface area contributed by atoms with E-state index in [2.05, 4.69) is 17.6 Å². The van der Waals surface area contributed by atoms with E-state index in [9.17, 15) is 13.2 Å². The van der Waals surface area contributed by atoms with E-state index in [1.165, 1.54) is 24.4 Å². The van der Waals surface area contributed by atoms with Crippen molar-refractivity contribution in [1.82, 2.24) is 5.32 Å². The van der Waals surface area contributed by atoms with Crippen LogP contribution in [0.2, 0.25) is 0 Å². The molecular formula is C17H23N3O5S. The van der Waals surface area contributed by atoms with E-state index in [4.69, 9.17) is 14.6 Å². The van der Waals surface area contributed by atoms with Crippen LogP contribution in [0.1, 0.15) is 26.2 Å². The molecule has 0 saturated heterocycles. The van der Waals surface area contributed by atoms with Crippen LogP contribution in [0.5, 0.6) is 0 Å². The van der Waals surface area contributed by atoms with Crippen LogP contribution in [0.4, 0.5) is 5.69 Å². The van der Waals surface area contributed by atoms with E-state index in [0.29, 0.717) is 13.2 Å².